The third-order valence-electron chi connectivity index (χ3n) is 3.91. The lowest BCUT2D eigenvalue weighted by atomic mass is 10.1. The van der Waals surface area contributed by atoms with Crippen LogP contribution in [-0.2, 0) is 9.59 Å². The number of carbonyl (C=O) groups excluding carboxylic acids is 2. The molecule has 2 atom stereocenters. The number of anilines is 1. The van der Waals surface area contributed by atoms with E-state index in [4.69, 9.17) is 5.73 Å². The number of rotatable bonds is 4. The standard InChI is InChI=1S/C15H20FN3O2/c1-10(9-17)14(20)18(2)13-7-8-19(15(13)21)12-6-4-3-5-11(12)16/h3-6,10,13H,7-9,17H2,1-2H3. The fraction of sp³-hybridized carbons (Fsp3) is 0.467. The van der Waals surface area contributed by atoms with Crippen LogP contribution in [0.15, 0.2) is 24.3 Å². The summed E-state index contributed by atoms with van der Waals surface area (Å²) < 4.78 is 13.8. The summed E-state index contributed by atoms with van der Waals surface area (Å²) in [5.74, 6) is -1.17. The highest BCUT2D eigenvalue weighted by Gasteiger charge is 2.38. The fourth-order valence-corrected chi connectivity index (χ4v) is 2.54. The average Bonchev–Trinajstić information content (AvgIpc) is 2.87. The second-order valence-electron chi connectivity index (χ2n) is 5.33. The molecule has 0 spiro atoms. The number of carbonyl (C=O) groups is 2. The monoisotopic (exact) mass is 293 g/mol. The topological polar surface area (TPSA) is 66.6 Å². The molecule has 2 N–H and O–H groups in total. The third-order valence-corrected chi connectivity index (χ3v) is 3.91. The normalized spacial score (nSPS) is 19.7. The molecule has 1 fully saturated rings. The number of likely N-dealkylation sites (N-methyl/N-ethyl adjacent to an activating group) is 1. The second-order valence-corrected chi connectivity index (χ2v) is 5.33. The Hall–Kier alpha value is -1.95. The molecule has 2 unspecified atom stereocenters. The molecule has 0 radical (unpaired) electrons. The van der Waals surface area contributed by atoms with Gasteiger partial charge in [0.25, 0.3) is 0 Å². The van der Waals surface area contributed by atoms with Crippen molar-refractivity contribution in [3.05, 3.63) is 30.1 Å². The molecule has 2 amide bonds. The Morgan fingerprint density at radius 2 is 2.19 bits per heavy atom. The Balaban J connectivity index is 2.15. The summed E-state index contributed by atoms with van der Waals surface area (Å²) in [7, 11) is 1.60. The molecule has 2 rings (SSSR count). The molecule has 1 aliphatic rings. The van der Waals surface area contributed by atoms with Gasteiger partial charge in [0.15, 0.2) is 0 Å². The molecule has 6 heteroatoms. The van der Waals surface area contributed by atoms with E-state index in [0.29, 0.717) is 13.0 Å². The van der Waals surface area contributed by atoms with Crippen LogP contribution in [0.1, 0.15) is 13.3 Å². The van der Waals surface area contributed by atoms with Crippen LogP contribution in [0, 0.1) is 11.7 Å². The van der Waals surface area contributed by atoms with Crippen LogP contribution in [0.3, 0.4) is 0 Å². The maximum absolute atomic E-state index is 13.8. The van der Waals surface area contributed by atoms with Crippen LogP contribution >= 0.6 is 0 Å². The summed E-state index contributed by atoms with van der Waals surface area (Å²) in [5, 5.41) is 0. The molecular formula is C15H20FN3O2. The van der Waals surface area contributed by atoms with Crippen molar-refractivity contribution in [2.45, 2.75) is 19.4 Å². The zero-order valence-corrected chi connectivity index (χ0v) is 12.3. The minimum atomic E-state index is -0.550. The van der Waals surface area contributed by atoms with Gasteiger partial charge in [0, 0.05) is 26.1 Å². The lowest BCUT2D eigenvalue weighted by Crippen LogP contribution is -2.46. The predicted molar refractivity (Wildman–Crippen MR) is 78.1 cm³/mol. The molecule has 0 aromatic heterocycles. The van der Waals surface area contributed by atoms with Gasteiger partial charge >= 0.3 is 0 Å². The van der Waals surface area contributed by atoms with E-state index in [1.165, 1.54) is 15.9 Å². The first kappa shape index (κ1) is 15.4. The molecule has 1 aliphatic heterocycles. The van der Waals surface area contributed by atoms with E-state index >= 15 is 0 Å². The smallest absolute Gasteiger partial charge is 0.249 e. The number of nitrogens with two attached hydrogens (primary N) is 1. The molecule has 0 aliphatic carbocycles. The van der Waals surface area contributed by atoms with E-state index in [9.17, 15) is 14.0 Å². The van der Waals surface area contributed by atoms with Crippen molar-refractivity contribution in [1.82, 2.24) is 4.90 Å². The number of halogens is 1. The highest BCUT2D eigenvalue weighted by molar-refractivity contribution is 6.01. The van der Waals surface area contributed by atoms with Gasteiger partial charge in [-0.05, 0) is 18.6 Å². The molecule has 21 heavy (non-hydrogen) atoms. The quantitative estimate of drug-likeness (QED) is 0.900. The number of para-hydroxylation sites is 1. The summed E-state index contributed by atoms with van der Waals surface area (Å²) in [4.78, 5) is 27.4. The van der Waals surface area contributed by atoms with E-state index in [1.54, 1.807) is 32.2 Å². The van der Waals surface area contributed by atoms with Crippen LogP contribution in [0.5, 0.6) is 0 Å². The van der Waals surface area contributed by atoms with E-state index in [2.05, 4.69) is 0 Å². The lowest BCUT2D eigenvalue weighted by molar-refractivity contribution is -0.139. The van der Waals surface area contributed by atoms with Crippen molar-refractivity contribution < 1.29 is 14.0 Å². The minimum Gasteiger partial charge on any atom is -0.333 e. The Morgan fingerprint density at radius 1 is 1.52 bits per heavy atom. The highest BCUT2D eigenvalue weighted by atomic mass is 19.1. The second kappa shape index (κ2) is 6.22. The summed E-state index contributed by atoms with van der Waals surface area (Å²) >= 11 is 0. The zero-order valence-electron chi connectivity index (χ0n) is 12.3. The molecule has 0 bridgehead atoms. The maximum Gasteiger partial charge on any atom is 0.249 e. The van der Waals surface area contributed by atoms with Crippen molar-refractivity contribution in [2.75, 3.05) is 25.0 Å². The van der Waals surface area contributed by atoms with Crippen molar-refractivity contribution in [2.24, 2.45) is 11.7 Å². The zero-order chi connectivity index (χ0) is 15.6. The van der Waals surface area contributed by atoms with Gasteiger partial charge in [-0.3, -0.25) is 9.59 Å². The predicted octanol–water partition coefficient (Wildman–Crippen LogP) is 0.984. The van der Waals surface area contributed by atoms with Crippen LogP contribution in [0.2, 0.25) is 0 Å². The molecule has 114 valence electrons. The van der Waals surface area contributed by atoms with Gasteiger partial charge in [0.2, 0.25) is 11.8 Å². The summed E-state index contributed by atoms with van der Waals surface area (Å²) in [6.45, 7) is 2.37. The van der Waals surface area contributed by atoms with Crippen molar-refractivity contribution >= 4 is 17.5 Å². The molecule has 1 aromatic carbocycles. The molecule has 1 aromatic rings. The first-order valence-electron chi connectivity index (χ1n) is 7.00. The first-order chi connectivity index (χ1) is 9.97. The van der Waals surface area contributed by atoms with Crippen molar-refractivity contribution in [1.29, 1.82) is 0 Å². The molecule has 1 saturated heterocycles. The molecule has 1 heterocycles. The molecule has 0 saturated carbocycles. The van der Waals surface area contributed by atoms with E-state index in [1.807, 2.05) is 0 Å². The van der Waals surface area contributed by atoms with Crippen LogP contribution in [0.4, 0.5) is 10.1 Å². The van der Waals surface area contributed by atoms with Crippen molar-refractivity contribution in [3.63, 3.8) is 0 Å². The lowest BCUT2D eigenvalue weighted by Gasteiger charge is -2.26. The van der Waals surface area contributed by atoms with Gasteiger partial charge in [0.05, 0.1) is 5.69 Å². The van der Waals surface area contributed by atoms with E-state index in [0.717, 1.165) is 0 Å². The average molecular weight is 293 g/mol. The molecule has 5 nitrogen and oxygen atoms in total. The summed E-state index contributed by atoms with van der Waals surface area (Å²) in [6, 6.07) is 5.60. The van der Waals surface area contributed by atoms with Crippen LogP contribution in [-0.4, -0.2) is 42.9 Å². The minimum absolute atomic E-state index is 0.161. The van der Waals surface area contributed by atoms with Crippen LogP contribution < -0.4 is 10.6 Å². The van der Waals surface area contributed by atoms with Gasteiger partial charge in [-0.25, -0.2) is 4.39 Å². The Morgan fingerprint density at radius 3 is 2.81 bits per heavy atom. The van der Waals surface area contributed by atoms with Crippen LogP contribution in [0.25, 0.3) is 0 Å². The number of amides is 2. The van der Waals surface area contributed by atoms with E-state index < -0.39 is 11.9 Å². The summed E-state index contributed by atoms with van der Waals surface area (Å²) in [6.07, 6.45) is 0.493. The fourth-order valence-electron chi connectivity index (χ4n) is 2.54. The van der Waals surface area contributed by atoms with E-state index in [-0.39, 0.29) is 30.0 Å². The molecular weight excluding hydrogens is 273 g/mol. The van der Waals surface area contributed by atoms with Gasteiger partial charge in [-0.1, -0.05) is 19.1 Å². The van der Waals surface area contributed by atoms with Gasteiger partial charge < -0.3 is 15.5 Å². The number of hydrogen-bond donors (Lipinski definition) is 1. The van der Waals surface area contributed by atoms with Crippen molar-refractivity contribution in [3.8, 4) is 0 Å². The van der Waals surface area contributed by atoms with Gasteiger partial charge in [-0.2, -0.15) is 0 Å². The number of hydrogen-bond acceptors (Lipinski definition) is 3. The first-order valence-corrected chi connectivity index (χ1v) is 7.00. The Kier molecular flexibility index (Phi) is 4.57. The number of benzene rings is 1. The maximum atomic E-state index is 13.8. The third kappa shape index (κ3) is 2.90. The summed E-state index contributed by atoms with van der Waals surface area (Å²) in [5.41, 5.74) is 5.75. The van der Waals surface area contributed by atoms with Gasteiger partial charge in [0.1, 0.15) is 11.9 Å². The SMILES string of the molecule is CC(CN)C(=O)N(C)C1CCN(c2ccccc2F)C1=O. The van der Waals surface area contributed by atoms with Gasteiger partial charge in [-0.15, -0.1) is 0 Å². The highest BCUT2D eigenvalue weighted by Crippen LogP contribution is 2.26. The Bertz CT molecular complexity index is 549. The number of nitrogens with zero attached hydrogens (tertiary/aromatic N) is 2. The Labute approximate surface area is 123 Å². The largest absolute Gasteiger partial charge is 0.333 e.